The predicted octanol–water partition coefficient (Wildman–Crippen LogP) is 2.87. The normalized spacial score (nSPS) is 19.1. The quantitative estimate of drug-likeness (QED) is 0.853. The van der Waals surface area contributed by atoms with Gasteiger partial charge in [0.25, 0.3) is 5.91 Å². The van der Waals surface area contributed by atoms with Crippen molar-refractivity contribution >= 4 is 17.2 Å². The van der Waals surface area contributed by atoms with E-state index in [9.17, 15) is 4.79 Å². The Balaban J connectivity index is 1.74. The van der Waals surface area contributed by atoms with Crippen LogP contribution >= 0.6 is 11.3 Å². The van der Waals surface area contributed by atoms with Gasteiger partial charge in [-0.25, -0.2) is 4.98 Å². The van der Waals surface area contributed by atoms with E-state index in [0.717, 1.165) is 36.6 Å². The summed E-state index contributed by atoms with van der Waals surface area (Å²) in [4.78, 5) is 23.0. The van der Waals surface area contributed by atoms with Crippen LogP contribution in [0.1, 0.15) is 39.8 Å². The average molecular weight is 287 g/mol. The maximum Gasteiger partial charge on any atom is 0.255 e. The topological polar surface area (TPSA) is 46.1 Å². The minimum absolute atomic E-state index is 0.0797. The fraction of sp³-hybridized carbons (Fsp3) is 0.400. The Morgan fingerprint density at radius 2 is 2.40 bits per heavy atom. The molecule has 0 aromatic carbocycles. The van der Waals surface area contributed by atoms with Crippen LogP contribution in [0.4, 0.5) is 0 Å². The van der Waals surface area contributed by atoms with Crippen LogP contribution in [0.5, 0.6) is 0 Å². The third-order valence-corrected chi connectivity index (χ3v) is 4.73. The Labute approximate surface area is 122 Å². The molecule has 3 rings (SSSR count). The highest BCUT2D eigenvalue weighted by atomic mass is 32.1. The number of hydrogen-bond acceptors (Lipinski definition) is 4. The van der Waals surface area contributed by atoms with E-state index in [0.29, 0.717) is 11.5 Å². The lowest BCUT2D eigenvalue weighted by Gasteiger charge is -2.31. The van der Waals surface area contributed by atoms with Gasteiger partial charge >= 0.3 is 0 Å². The summed E-state index contributed by atoms with van der Waals surface area (Å²) in [5.41, 5.74) is 1.74. The number of rotatable bonds is 2. The van der Waals surface area contributed by atoms with Gasteiger partial charge in [0.15, 0.2) is 0 Å². The molecule has 0 saturated carbocycles. The summed E-state index contributed by atoms with van der Waals surface area (Å²) >= 11 is 1.70. The number of likely N-dealkylation sites (tertiary alicyclic amines) is 1. The fourth-order valence-electron chi connectivity index (χ4n) is 2.59. The van der Waals surface area contributed by atoms with Gasteiger partial charge in [0.1, 0.15) is 0 Å². The first kappa shape index (κ1) is 13.2. The molecule has 0 aliphatic carbocycles. The molecule has 0 bridgehead atoms. The third kappa shape index (κ3) is 2.72. The monoisotopic (exact) mass is 287 g/mol. The molecule has 104 valence electrons. The van der Waals surface area contributed by atoms with Crippen LogP contribution in [-0.4, -0.2) is 33.9 Å². The Hall–Kier alpha value is -1.75. The largest absolute Gasteiger partial charge is 0.338 e. The van der Waals surface area contributed by atoms with Crippen molar-refractivity contribution in [2.75, 3.05) is 13.1 Å². The van der Waals surface area contributed by atoms with Crippen LogP contribution < -0.4 is 0 Å². The number of thiazole rings is 1. The highest BCUT2D eigenvalue weighted by molar-refractivity contribution is 7.09. The zero-order valence-electron chi connectivity index (χ0n) is 11.5. The molecule has 1 aliphatic heterocycles. The van der Waals surface area contributed by atoms with E-state index >= 15 is 0 Å². The van der Waals surface area contributed by atoms with Crippen LogP contribution in [0.2, 0.25) is 0 Å². The van der Waals surface area contributed by atoms with Crippen molar-refractivity contribution in [3.8, 4) is 0 Å². The first-order valence-corrected chi connectivity index (χ1v) is 7.73. The summed E-state index contributed by atoms with van der Waals surface area (Å²) < 4.78 is 0. The summed E-state index contributed by atoms with van der Waals surface area (Å²) in [7, 11) is 0. The van der Waals surface area contributed by atoms with Crippen LogP contribution in [0.3, 0.4) is 0 Å². The Kier molecular flexibility index (Phi) is 3.78. The van der Waals surface area contributed by atoms with Crippen molar-refractivity contribution in [1.29, 1.82) is 0 Å². The molecule has 1 amide bonds. The molecular weight excluding hydrogens is 270 g/mol. The second-order valence-electron chi connectivity index (χ2n) is 5.16. The van der Waals surface area contributed by atoms with Gasteiger partial charge in [-0.3, -0.25) is 9.78 Å². The maximum atomic E-state index is 12.5. The molecule has 0 radical (unpaired) electrons. The van der Waals surface area contributed by atoms with Gasteiger partial charge in [-0.05, 0) is 31.9 Å². The van der Waals surface area contributed by atoms with E-state index in [2.05, 4.69) is 15.3 Å². The Morgan fingerprint density at radius 3 is 3.10 bits per heavy atom. The molecule has 2 aromatic rings. The molecule has 0 N–H and O–H groups in total. The molecule has 0 spiro atoms. The molecule has 2 aromatic heterocycles. The van der Waals surface area contributed by atoms with Gasteiger partial charge in [0, 0.05) is 42.5 Å². The first-order chi connectivity index (χ1) is 9.74. The van der Waals surface area contributed by atoms with E-state index in [-0.39, 0.29) is 5.91 Å². The number of aromatic nitrogens is 2. The number of amides is 1. The first-order valence-electron chi connectivity index (χ1n) is 6.85. The number of piperidine rings is 1. The minimum atomic E-state index is 0.0797. The Morgan fingerprint density at radius 1 is 1.50 bits per heavy atom. The molecule has 5 heteroatoms. The number of pyridine rings is 1. The van der Waals surface area contributed by atoms with Crippen LogP contribution in [0.15, 0.2) is 29.9 Å². The second kappa shape index (κ2) is 5.71. The van der Waals surface area contributed by atoms with Crippen molar-refractivity contribution < 1.29 is 4.79 Å². The maximum absolute atomic E-state index is 12.5. The van der Waals surface area contributed by atoms with Gasteiger partial charge in [0.05, 0.1) is 10.6 Å². The second-order valence-corrected chi connectivity index (χ2v) is 6.05. The predicted molar refractivity (Wildman–Crippen MR) is 79.0 cm³/mol. The fourth-order valence-corrected chi connectivity index (χ4v) is 3.52. The minimum Gasteiger partial charge on any atom is -0.338 e. The van der Waals surface area contributed by atoms with E-state index in [1.54, 1.807) is 29.8 Å². The lowest BCUT2D eigenvalue weighted by Crippen LogP contribution is -2.39. The summed E-state index contributed by atoms with van der Waals surface area (Å²) in [5.74, 6) is 0.458. The van der Waals surface area contributed by atoms with Gasteiger partial charge < -0.3 is 4.90 Å². The zero-order chi connectivity index (χ0) is 13.9. The highest BCUT2D eigenvalue weighted by Gasteiger charge is 2.27. The smallest absolute Gasteiger partial charge is 0.255 e. The number of carbonyl (C=O) groups is 1. The third-order valence-electron chi connectivity index (χ3n) is 3.60. The summed E-state index contributed by atoms with van der Waals surface area (Å²) in [6, 6.07) is 3.63. The van der Waals surface area contributed by atoms with E-state index in [1.165, 1.54) is 0 Å². The highest BCUT2D eigenvalue weighted by Crippen LogP contribution is 2.29. The van der Waals surface area contributed by atoms with Gasteiger partial charge in [-0.15, -0.1) is 11.3 Å². The molecule has 1 aliphatic rings. The van der Waals surface area contributed by atoms with E-state index in [1.807, 2.05) is 17.9 Å². The van der Waals surface area contributed by atoms with Crippen LogP contribution in [0, 0.1) is 6.92 Å². The SMILES string of the molecule is Cc1csc([C@H]2CCCN(C(=O)c3cccnc3)C2)n1. The molecule has 0 unspecified atom stereocenters. The lowest BCUT2D eigenvalue weighted by molar-refractivity contribution is 0.0706. The Bertz CT molecular complexity index is 596. The number of aryl methyl sites for hydroxylation is 1. The number of nitrogens with zero attached hydrogens (tertiary/aromatic N) is 3. The van der Waals surface area contributed by atoms with E-state index in [4.69, 9.17) is 0 Å². The van der Waals surface area contributed by atoms with Crippen molar-refractivity contribution in [3.05, 3.63) is 46.2 Å². The number of hydrogen-bond donors (Lipinski definition) is 0. The summed E-state index contributed by atoms with van der Waals surface area (Å²) in [6.07, 6.45) is 5.48. The molecule has 1 saturated heterocycles. The lowest BCUT2D eigenvalue weighted by atomic mass is 9.98. The molecular formula is C15H17N3OS. The number of carbonyl (C=O) groups excluding carboxylic acids is 1. The van der Waals surface area contributed by atoms with Crippen molar-refractivity contribution in [3.63, 3.8) is 0 Å². The van der Waals surface area contributed by atoms with Crippen molar-refractivity contribution in [2.45, 2.75) is 25.7 Å². The average Bonchev–Trinajstić information content (AvgIpc) is 2.94. The molecule has 1 atom stereocenters. The van der Waals surface area contributed by atoms with Crippen molar-refractivity contribution in [2.24, 2.45) is 0 Å². The summed E-state index contributed by atoms with van der Waals surface area (Å²) in [5, 5.41) is 3.24. The van der Waals surface area contributed by atoms with Crippen molar-refractivity contribution in [1.82, 2.24) is 14.9 Å². The molecule has 4 nitrogen and oxygen atoms in total. The van der Waals surface area contributed by atoms with E-state index < -0.39 is 0 Å². The van der Waals surface area contributed by atoms with Gasteiger partial charge in [-0.2, -0.15) is 0 Å². The standard InChI is InChI=1S/C15H17N3OS/c1-11-10-20-14(17-11)13-5-3-7-18(9-13)15(19)12-4-2-6-16-8-12/h2,4,6,8,10,13H,3,5,7,9H2,1H3/t13-/m0/s1. The molecule has 3 heterocycles. The van der Waals surface area contributed by atoms with Crippen LogP contribution in [-0.2, 0) is 0 Å². The van der Waals surface area contributed by atoms with Gasteiger partial charge in [0.2, 0.25) is 0 Å². The van der Waals surface area contributed by atoms with Gasteiger partial charge in [-0.1, -0.05) is 0 Å². The van der Waals surface area contributed by atoms with Crippen LogP contribution in [0.25, 0.3) is 0 Å². The zero-order valence-corrected chi connectivity index (χ0v) is 12.3. The molecule has 20 heavy (non-hydrogen) atoms. The summed E-state index contributed by atoms with van der Waals surface area (Å²) in [6.45, 7) is 3.61. The molecule has 1 fully saturated rings.